The van der Waals surface area contributed by atoms with Crippen LogP contribution in [0.5, 0.6) is 0 Å². The molecule has 1 aliphatic heterocycles. The third-order valence-electron chi connectivity index (χ3n) is 5.02. The third kappa shape index (κ3) is 2.68. The summed E-state index contributed by atoms with van der Waals surface area (Å²) in [6.07, 6.45) is 3.00. The first-order chi connectivity index (χ1) is 14.0. The molecule has 0 unspecified atom stereocenters. The lowest BCUT2D eigenvalue weighted by Gasteiger charge is -2.14. The summed E-state index contributed by atoms with van der Waals surface area (Å²) in [6, 6.07) is 13.4. The molecule has 2 heterocycles. The highest BCUT2D eigenvalue weighted by atomic mass is 32.2. The Kier molecular flexibility index (Phi) is 3.72. The molecule has 1 aliphatic rings. The van der Waals surface area contributed by atoms with Crippen molar-refractivity contribution >= 4 is 38.1 Å². The molecule has 1 aromatic heterocycles. The molecule has 0 spiro atoms. The highest BCUT2D eigenvalue weighted by molar-refractivity contribution is 7.93. The summed E-state index contributed by atoms with van der Waals surface area (Å²) in [5.74, 6) is 0.182. The molecule has 5 rings (SSSR count). The number of sulfonamides is 1. The maximum atomic E-state index is 13.2. The minimum Gasteiger partial charge on any atom is -0.445 e. The van der Waals surface area contributed by atoms with Gasteiger partial charge in [0.25, 0.3) is 15.9 Å². The van der Waals surface area contributed by atoms with Gasteiger partial charge in [0, 0.05) is 27.6 Å². The van der Waals surface area contributed by atoms with Crippen molar-refractivity contribution in [1.29, 1.82) is 0 Å². The van der Waals surface area contributed by atoms with E-state index in [1.807, 2.05) is 6.07 Å². The number of carbonyl (C=O) groups excluding carboxylic acids is 1. The Morgan fingerprint density at radius 2 is 1.83 bits per heavy atom. The quantitative estimate of drug-likeness (QED) is 0.531. The van der Waals surface area contributed by atoms with Crippen LogP contribution in [0.3, 0.4) is 0 Å². The number of carbonyl (C=O) groups is 1. The number of nitrogens with zero attached hydrogens (tertiary/aromatic N) is 1. The molecule has 0 saturated carbocycles. The molecule has 29 heavy (non-hydrogen) atoms. The first-order valence-corrected chi connectivity index (χ1v) is 10.3. The second-order valence-electron chi connectivity index (χ2n) is 6.71. The predicted molar refractivity (Wildman–Crippen MR) is 109 cm³/mol. The van der Waals surface area contributed by atoms with Gasteiger partial charge in [0.1, 0.15) is 6.26 Å². The molecule has 2 N–H and O–H groups in total. The summed E-state index contributed by atoms with van der Waals surface area (Å²) >= 11 is 0. The van der Waals surface area contributed by atoms with Gasteiger partial charge in [-0.2, -0.15) is 0 Å². The summed E-state index contributed by atoms with van der Waals surface area (Å²) in [5, 5.41) is 3.87. The zero-order valence-electron chi connectivity index (χ0n) is 15.3. The first-order valence-electron chi connectivity index (χ1n) is 8.85. The number of nitrogens with one attached hydrogen (secondary N) is 2. The molecule has 0 atom stereocenters. The summed E-state index contributed by atoms with van der Waals surface area (Å²) in [5.41, 5.74) is 2.91. The molecule has 3 aromatic carbocycles. The van der Waals surface area contributed by atoms with E-state index in [0.717, 1.165) is 0 Å². The molecule has 0 bridgehead atoms. The van der Waals surface area contributed by atoms with E-state index in [1.165, 1.54) is 18.5 Å². The van der Waals surface area contributed by atoms with Gasteiger partial charge < -0.3 is 9.73 Å². The average Bonchev–Trinajstić information content (AvgIpc) is 3.33. The minimum atomic E-state index is -3.91. The monoisotopic (exact) mass is 405 g/mol. The Morgan fingerprint density at radius 3 is 2.62 bits per heavy atom. The van der Waals surface area contributed by atoms with Crippen LogP contribution in [-0.4, -0.2) is 19.3 Å². The normalized spacial score (nSPS) is 12.9. The molecule has 0 radical (unpaired) electrons. The second-order valence-corrected chi connectivity index (χ2v) is 8.37. The lowest BCUT2D eigenvalue weighted by molar-refractivity contribution is 0.103. The highest BCUT2D eigenvalue weighted by Gasteiger charge is 2.26. The Hall–Kier alpha value is -3.65. The van der Waals surface area contributed by atoms with E-state index in [0.29, 0.717) is 44.7 Å². The Balaban J connectivity index is 1.62. The van der Waals surface area contributed by atoms with Gasteiger partial charge in [0.2, 0.25) is 5.89 Å². The van der Waals surface area contributed by atoms with Gasteiger partial charge in [-0.1, -0.05) is 18.2 Å². The average molecular weight is 405 g/mol. The fourth-order valence-corrected chi connectivity index (χ4v) is 4.96. The van der Waals surface area contributed by atoms with E-state index in [-0.39, 0.29) is 10.8 Å². The van der Waals surface area contributed by atoms with Crippen LogP contribution in [0.15, 0.2) is 70.3 Å². The smallest absolute Gasteiger partial charge is 0.262 e. The van der Waals surface area contributed by atoms with Gasteiger partial charge in [-0.25, -0.2) is 13.4 Å². The van der Waals surface area contributed by atoms with Crippen molar-refractivity contribution in [2.75, 3.05) is 10.0 Å². The van der Waals surface area contributed by atoms with Gasteiger partial charge in [0.05, 0.1) is 16.8 Å². The lowest BCUT2D eigenvalue weighted by Crippen LogP contribution is -2.14. The van der Waals surface area contributed by atoms with Crippen molar-refractivity contribution < 1.29 is 17.6 Å². The number of hydrogen-bond donors (Lipinski definition) is 2. The topological polar surface area (TPSA) is 101 Å². The number of anilines is 2. The van der Waals surface area contributed by atoms with Crippen molar-refractivity contribution in [3.8, 4) is 11.5 Å². The van der Waals surface area contributed by atoms with Crippen LogP contribution in [0, 0.1) is 6.92 Å². The van der Waals surface area contributed by atoms with Crippen LogP contribution in [0.4, 0.5) is 11.4 Å². The van der Waals surface area contributed by atoms with Crippen molar-refractivity contribution in [3.63, 3.8) is 0 Å². The molecule has 0 aliphatic carbocycles. The van der Waals surface area contributed by atoms with Crippen LogP contribution < -0.4 is 10.0 Å². The molecule has 144 valence electrons. The molecular formula is C21H15N3O4S. The number of benzene rings is 3. The molecule has 1 amide bonds. The SMILES string of the molecule is Cc1c(NS(=O)(=O)c2ccc3c4c(cccc24)C(=O)N3)cccc1-c1ncco1. The van der Waals surface area contributed by atoms with Crippen LogP contribution >= 0.6 is 0 Å². The van der Waals surface area contributed by atoms with Crippen LogP contribution in [-0.2, 0) is 10.0 Å². The van der Waals surface area contributed by atoms with Crippen LogP contribution in [0.2, 0.25) is 0 Å². The number of hydrogen-bond acceptors (Lipinski definition) is 5. The Bertz CT molecular complexity index is 1390. The number of oxazole rings is 1. The number of amides is 1. The maximum absolute atomic E-state index is 13.2. The molecule has 0 saturated heterocycles. The van der Waals surface area contributed by atoms with Crippen molar-refractivity contribution in [1.82, 2.24) is 4.98 Å². The van der Waals surface area contributed by atoms with E-state index in [4.69, 9.17) is 4.42 Å². The van der Waals surface area contributed by atoms with Crippen molar-refractivity contribution in [2.45, 2.75) is 11.8 Å². The Morgan fingerprint density at radius 1 is 1.03 bits per heavy atom. The largest absolute Gasteiger partial charge is 0.445 e. The van der Waals surface area contributed by atoms with Crippen molar-refractivity contribution in [3.05, 3.63) is 72.1 Å². The predicted octanol–water partition coefficient (Wildman–Crippen LogP) is 4.17. The van der Waals surface area contributed by atoms with Gasteiger partial charge in [-0.15, -0.1) is 0 Å². The zero-order valence-corrected chi connectivity index (χ0v) is 16.1. The summed E-state index contributed by atoms with van der Waals surface area (Å²) in [4.78, 5) is 16.3. The lowest BCUT2D eigenvalue weighted by atomic mass is 10.1. The summed E-state index contributed by atoms with van der Waals surface area (Å²) in [7, 11) is -3.91. The number of aromatic nitrogens is 1. The minimum absolute atomic E-state index is 0.107. The first kappa shape index (κ1) is 17.4. The summed E-state index contributed by atoms with van der Waals surface area (Å²) < 4.78 is 34.5. The fraction of sp³-hybridized carbons (Fsp3) is 0.0476. The molecular weight excluding hydrogens is 390 g/mol. The van der Waals surface area contributed by atoms with Gasteiger partial charge in [-0.3, -0.25) is 9.52 Å². The van der Waals surface area contributed by atoms with E-state index in [2.05, 4.69) is 15.0 Å². The number of rotatable bonds is 4. The van der Waals surface area contributed by atoms with Crippen molar-refractivity contribution in [2.24, 2.45) is 0 Å². The van der Waals surface area contributed by atoms with E-state index in [1.54, 1.807) is 43.3 Å². The summed E-state index contributed by atoms with van der Waals surface area (Å²) in [6.45, 7) is 1.80. The third-order valence-corrected chi connectivity index (χ3v) is 6.45. The molecule has 8 heteroatoms. The van der Waals surface area contributed by atoms with Gasteiger partial charge in [-0.05, 0) is 42.8 Å². The Labute approximate surface area is 166 Å². The van der Waals surface area contributed by atoms with E-state index in [9.17, 15) is 13.2 Å². The van der Waals surface area contributed by atoms with E-state index < -0.39 is 10.0 Å². The van der Waals surface area contributed by atoms with E-state index >= 15 is 0 Å². The highest BCUT2D eigenvalue weighted by Crippen LogP contribution is 2.37. The fourth-order valence-electron chi connectivity index (χ4n) is 3.63. The van der Waals surface area contributed by atoms with Gasteiger partial charge >= 0.3 is 0 Å². The standard InChI is InChI=1S/C21H15N3O4S/c1-12-13(21-22-10-11-28-21)4-3-7-16(12)24-29(26,27)18-9-8-17-19-14(18)5-2-6-15(19)20(25)23-17/h2-11,24H,1H3,(H,23,25). The molecule has 4 aromatic rings. The van der Waals surface area contributed by atoms with Crippen LogP contribution in [0.25, 0.3) is 22.2 Å². The zero-order chi connectivity index (χ0) is 20.2. The van der Waals surface area contributed by atoms with Crippen LogP contribution in [0.1, 0.15) is 15.9 Å². The molecule has 0 fully saturated rings. The second kappa shape index (κ2) is 6.18. The molecule has 7 nitrogen and oxygen atoms in total. The van der Waals surface area contributed by atoms with Gasteiger partial charge in [0.15, 0.2) is 0 Å². The maximum Gasteiger partial charge on any atom is 0.262 e.